The van der Waals surface area contributed by atoms with Crippen molar-refractivity contribution in [3.05, 3.63) is 84.3 Å². The molecule has 20 heavy (non-hydrogen) atoms. The summed E-state index contributed by atoms with van der Waals surface area (Å²) in [5.41, 5.74) is 4.02. The second-order valence-corrected chi connectivity index (χ2v) is 4.28. The zero-order valence-electron chi connectivity index (χ0n) is 10.8. The summed E-state index contributed by atoms with van der Waals surface area (Å²) in [6, 6.07) is 17.8. The largest absolute Gasteiger partial charge is 0.265 e. The number of hydrogen-bond donors (Lipinski definition) is 0. The average molecular weight is 256 g/mol. The van der Waals surface area contributed by atoms with Crippen molar-refractivity contribution < 1.29 is 0 Å². The Morgan fingerprint density at radius 2 is 1.35 bits per heavy atom. The van der Waals surface area contributed by atoms with Gasteiger partial charge in [-0.25, -0.2) is 0 Å². The lowest BCUT2D eigenvalue weighted by Gasteiger charge is -1.99. The van der Waals surface area contributed by atoms with Crippen LogP contribution < -0.4 is 0 Å². The molecule has 0 radical (unpaired) electrons. The van der Waals surface area contributed by atoms with E-state index in [-0.39, 0.29) is 0 Å². The molecule has 2 nitrogen and oxygen atoms in total. The van der Waals surface area contributed by atoms with Crippen molar-refractivity contribution in [1.29, 1.82) is 0 Å². The third-order valence-corrected chi connectivity index (χ3v) is 2.88. The van der Waals surface area contributed by atoms with E-state index in [9.17, 15) is 0 Å². The number of nitrogens with zero attached hydrogens (tertiary/aromatic N) is 2. The van der Waals surface area contributed by atoms with Crippen LogP contribution in [-0.4, -0.2) is 9.97 Å². The molecule has 3 rings (SSSR count). The van der Waals surface area contributed by atoms with Gasteiger partial charge in [0.2, 0.25) is 0 Å². The Morgan fingerprint density at radius 3 is 2.00 bits per heavy atom. The molecule has 0 fully saturated rings. The highest BCUT2D eigenvalue weighted by Gasteiger charge is 1.96. The maximum Gasteiger partial charge on any atom is 0.0701 e. The summed E-state index contributed by atoms with van der Waals surface area (Å²) < 4.78 is 0. The van der Waals surface area contributed by atoms with Crippen LogP contribution in [0.3, 0.4) is 0 Å². The smallest absolute Gasteiger partial charge is 0.0701 e. The molecular formula is C18H12N2. The van der Waals surface area contributed by atoms with Gasteiger partial charge in [0.15, 0.2) is 0 Å². The fourth-order valence-corrected chi connectivity index (χ4v) is 1.84. The normalized spacial score (nSPS) is 9.60. The van der Waals surface area contributed by atoms with Crippen LogP contribution in [0.25, 0.3) is 11.3 Å². The first-order chi connectivity index (χ1) is 9.92. The molecule has 0 bridgehead atoms. The molecule has 0 N–H and O–H groups in total. The molecular weight excluding hydrogens is 244 g/mol. The van der Waals surface area contributed by atoms with E-state index >= 15 is 0 Å². The second-order valence-electron chi connectivity index (χ2n) is 4.28. The van der Waals surface area contributed by atoms with Crippen LogP contribution in [-0.2, 0) is 0 Å². The lowest BCUT2D eigenvalue weighted by atomic mass is 10.1. The minimum Gasteiger partial charge on any atom is -0.265 e. The van der Waals surface area contributed by atoms with E-state index in [0.717, 1.165) is 22.4 Å². The monoisotopic (exact) mass is 256 g/mol. The van der Waals surface area contributed by atoms with Gasteiger partial charge in [-0.15, -0.1) is 0 Å². The fourth-order valence-electron chi connectivity index (χ4n) is 1.84. The number of pyridine rings is 2. The van der Waals surface area contributed by atoms with Gasteiger partial charge in [0.1, 0.15) is 0 Å². The molecule has 0 saturated carbocycles. The van der Waals surface area contributed by atoms with E-state index in [1.807, 2.05) is 54.6 Å². The number of hydrogen-bond acceptors (Lipinski definition) is 2. The Labute approximate surface area is 118 Å². The predicted molar refractivity (Wildman–Crippen MR) is 79.9 cm³/mol. The summed E-state index contributed by atoms with van der Waals surface area (Å²) in [5.74, 6) is 6.26. The third kappa shape index (κ3) is 2.90. The molecule has 94 valence electrons. The van der Waals surface area contributed by atoms with E-state index in [2.05, 4.69) is 21.8 Å². The number of rotatable bonds is 1. The van der Waals surface area contributed by atoms with E-state index in [4.69, 9.17) is 0 Å². The summed E-state index contributed by atoms with van der Waals surface area (Å²) in [6.07, 6.45) is 5.29. The Balaban J connectivity index is 1.83. The molecule has 2 aromatic heterocycles. The molecule has 0 amide bonds. The van der Waals surface area contributed by atoms with Crippen molar-refractivity contribution in [2.45, 2.75) is 0 Å². The van der Waals surface area contributed by atoms with Gasteiger partial charge in [-0.1, -0.05) is 30.0 Å². The van der Waals surface area contributed by atoms with Crippen molar-refractivity contribution in [1.82, 2.24) is 9.97 Å². The molecule has 0 aliphatic heterocycles. The van der Waals surface area contributed by atoms with Crippen LogP contribution >= 0.6 is 0 Å². The van der Waals surface area contributed by atoms with Crippen molar-refractivity contribution in [3.63, 3.8) is 0 Å². The van der Waals surface area contributed by atoms with Gasteiger partial charge < -0.3 is 0 Å². The van der Waals surface area contributed by atoms with Crippen molar-refractivity contribution in [2.75, 3.05) is 0 Å². The first-order valence-corrected chi connectivity index (χ1v) is 6.35. The SMILES string of the molecule is C(#Cc1ccc(-c2ccccn2)cc1)c1ccncc1. The zero-order valence-corrected chi connectivity index (χ0v) is 10.8. The van der Waals surface area contributed by atoms with Gasteiger partial charge in [0.05, 0.1) is 5.69 Å². The van der Waals surface area contributed by atoms with Crippen LogP contribution in [0.1, 0.15) is 11.1 Å². The van der Waals surface area contributed by atoms with E-state index in [1.165, 1.54) is 0 Å². The topological polar surface area (TPSA) is 25.8 Å². The molecule has 0 unspecified atom stereocenters. The van der Waals surface area contributed by atoms with Gasteiger partial charge in [-0.2, -0.15) is 0 Å². The van der Waals surface area contributed by atoms with E-state index in [1.54, 1.807) is 18.6 Å². The van der Waals surface area contributed by atoms with Crippen LogP contribution in [0.2, 0.25) is 0 Å². The van der Waals surface area contributed by atoms with Gasteiger partial charge in [0.25, 0.3) is 0 Å². The van der Waals surface area contributed by atoms with Crippen LogP contribution in [0.4, 0.5) is 0 Å². The first kappa shape index (κ1) is 12.1. The highest BCUT2D eigenvalue weighted by molar-refractivity contribution is 5.60. The van der Waals surface area contributed by atoms with Gasteiger partial charge in [0, 0.05) is 35.3 Å². The Morgan fingerprint density at radius 1 is 0.650 bits per heavy atom. The maximum atomic E-state index is 4.33. The third-order valence-electron chi connectivity index (χ3n) is 2.88. The summed E-state index contributed by atoms with van der Waals surface area (Å²) in [4.78, 5) is 8.30. The molecule has 0 spiro atoms. The maximum absolute atomic E-state index is 4.33. The standard InChI is InChI=1S/C18H12N2/c1-2-12-20-18(3-1)17-8-6-15(7-9-17)4-5-16-10-13-19-14-11-16/h1-3,6-14H. The minimum absolute atomic E-state index is 0.966. The quantitative estimate of drug-likeness (QED) is 0.622. The summed E-state index contributed by atoms with van der Waals surface area (Å²) in [6.45, 7) is 0. The molecule has 2 heterocycles. The predicted octanol–water partition coefficient (Wildman–Crippen LogP) is 3.54. The molecule has 2 heteroatoms. The Kier molecular flexibility index (Phi) is 3.53. The summed E-state index contributed by atoms with van der Waals surface area (Å²) in [5, 5.41) is 0. The molecule has 1 aromatic carbocycles. The first-order valence-electron chi connectivity index (χ1n) is 6.35. The zero-order chi connectivity index (χ0) is 13.6. The highest BCUT2D eigenvalue weighted by Crippen LogP contribution is 2.16. The van der Waals surface area contributed by atoms with E-state index < -0.39 is 0 Å². The summed E-state index contributed by atoms with van der Waals surface area (Å²) in [7, 11) is 0. The van der Waals surface area contributed by atoms with Gasteiger partial charge >= 0.3 is 0 Å². The van der Waals surface area contributed by atoms with Gasteiger partial charge in [-0.05, 0) is 36.4 Å². The molecule has 0 aliphatic rings. The minimum atomic E-state index is 0.966. The lowest BCUT2D eigenvalue weighted by molar-refractivity contribution is 1.32. The van der Waals surface area contributed by atoms with Gasteiger partial charge in [-0.3, -0.25) is 9.97 Å². The van der Waals surface area contributed by atoms with Crippen molar-refractivity contribution in [2.24, 2.45) is 0 Å². The summed E-state index contributed by atoms with van der Waals surface area (Å²) >= 11 is 0. The van der Waals surface area contributed by atoms with Crippen molar-refractivity contribution in [3.8, 4) is 23.1 Å². The molecule has 3 aromatic rings. The molecule has 0 atom stereocenters. The van der Waals surface area contributed by atoms with Crippen LogP contribution in [0.5, 0.6) is 0 Å². The van der Waals surface area contributed by atoms with Crippen LogP contribution in [0, 0.1) is 11.8 Å². The Hall–Kier alpha value is -2.92. The number of aromatic nitrogens is 2. The molecule has 0 saturated heterocycles. The average Bonchev–Trinajstić information content (AvgIpc) is 2.55. The van der Waals surface area contributed by atoms with E-state index in [0.29, 0.717) is 0 Å². The van der Waals surface area contributed by atoms with Crippen LogP contribution in [0.15, 0.2) is 73.2 Å². The second kappa shape index (κ2) is 5.81. The Bertz CT molecular complexity index is 736. The highest BCUT2D eigenvalue weighted by atomic mass is 14.7. The van der Waals surface area contributed by atoms with Crippen molar-refractivity contribution >= 4 is 0 Å². The fraction of sp³-hybridized carbons (Fsp3) is 0. The number of benzene rings is 1. The lowest BCUT2D eigenvalue weighted by Crippen LogP contribution is -1.82. The molecule has 0 aliphatic carbocycles.